The summed E-state index contributed by atoms with van der Waals surface area (Å²) in [5.41, 5.74) is 0.153. The average Bonchev–Trinajstić information content (AvgIpc) is 3.14. The van der Waals surface area contributed by atoms with Crippen molar-refractivity contribution in [2.24, 2.45) is 0 Å². The fourth-order valence-electron chi connectivity index (χ4n) is 2.88. The number of rotatable bonds is 4. The standard InChI is InChI=1S/C14H17F2N5O2/c15-12(16)8-21-11(5-6-18-21)14(22)20-7-3-1-2-4-10(20)13-17-9-23-19-13/h5-6,9-10,12H,1-4,7-8H2/t10-/m1/s1. The van der Waals surface area contributed by atoms with E-state index in [1.54, 1.807) is 4.90 Å². The van der Waals surface area contributed by atoms with Crippen LogP contribution in [0.15, 0.2) is 23.2 Å². The van der Waals surface area contributed by atoms with Gasteiger partial charge in [-0.1, -0.05) is 18.0 Å². The number of carbonyl (C=O) groups is 1. The van der Waals surface area contributed by atoms with Crippen LogP contribution in [0.3, 0.4) is 0 Å². The lowest BCUT2D eigenvalue weighted by atomic mass is 10.1. The fourth-order valence-corrected chi connectivity index (χ4v) is 2.88. The van der Waals surface area contributed by atoms with Crippen molar-refractivity contribution in [2.45, 2.75) is 44.7 Å². The second-order valence-electron chi connectivity index (χ2n) is 5.44. The van der Waals surface area contributed by atoms with Crippen molar-refractivity contribution in [1.29, 1.82) is 0 Å². The molecule has 7 nitrogen and oxygen atoms in total. The summed E-state index contributed by atoms with van der Waals surface area (Å²) in [5.74, 6) is 0.111. The molecule has 3 rings (SSSR count). The molecule has 0 unspecified atom stereocenters. The highest BCUT2D eigenvalue weighted by molar-refractivity contribution is 5.92. The summed E-state index contributed by atoms with van der Waals surface area (Å²) in [6, 6.07) is 1.15. The minimum absolute atomic E-state index is 0.153. The van der Waals surface area contributed by atoms with Gasteiger partial charge in [-0.2, -0.15) is 10.1 Å². The molecular weight excluding hydrogens is 308 g/mol. The van der Waals surface area contributed by atoms with E-state index in [9.17, 15) is 13.6 Å². The summed E-state index contributed by atoms with van der Waals surface area (Å²) in [7, 11) is 0. The average molecular weight is 325 g/mol. The zero-order chi connectivity index (χ0) is 16.2. The molecule has 9 heteroatoms. The van der Waals surface area contributed by atoms with Crippen LogP contribution in [0.25, 0.3) is 0 Å². The number of alkyl halides is 2. The third-order valence-corrected chi connectivity index (χ3v) is 3.94. The number of aromatic nitrogens is 4. The fraction of sp³-hybridized carbons (Fsp3) is 0.571. The van der Waals surface area contributed by atoms with Gasteiger partial charge in [-0.25, -0.2) is 8.78 Å². The maximum absolute atomic E-state index is 12.9. The third-order valence-electron chi connectivity index (χ3n) is 3.94. The summed E-state index contributed by atoms with van der Waals surface area (Å²) in [4.78, 5) is 18.5. The summed E-state index contributed by atoms with van der Waals surface area (Å²) in [6.07, 6.45) is 3.52. The first-order valence-corrected chi connectivity index (χ1v) is 7.54. The molecule has 0 bridgehead atoms. The molecule has 23 heavy (non-hydrogen) atoms. The van der Waals surface area contributed by atoms with Crippen molar-refractivity contribution in [3.63, 3.8) is 0 Å². The first kappa shape index (κ1) is 15.6. The van der Waals surface area contributed by atoms with Crippen LogP contribution in [0, 0.1) is 0 Å². The van der Waals surface area contributed by atoms with Crippen LogP contribution >= 0.6 is 0 Å². The van der Waals surface area contributed by atoms with Gasteiger partial charge in [0.25, 0.3) is 12.3 Å². The number of hydrogen-bond donors (Lipinski definition) is 0. The summed E-state index contributed by atoms with van der Waals surface area (Å²) in [6.45, 7) is -0.0767. The molecule has 2 aromatic rings. The lowest BCUT2D eigenvalue weighted by Gasteiger charge is -2.27. The van der Waals surface area contributed by atoms with Crippen molar-refractivity contribution in [2.75, 3.05) is 6.54 Å². The zero-order valence-electron chi connectivity index (χ0n) is 12.4. The first-order valence-electron chi connectivity index (χ1n) is 7.54. The van der Waals surface area contributed by atoms with Crippen LogP contribution in [0.1, 0.15) is 48.0 Å². The Labute approximate surface area is 131 Å². The molecule has 2 aromatic heterocycles. The van der Waals surface area contributed by atoms with E-state index in [1.807, 2.05) is 0 Å². The molecule has 3 heterocycles. The van der Waals surface area contributed by atoms with Gasteiger partial charge in [0.2, 0.25) is 6.39 Å². The second-order valence-corrected chi connectivity index (χ2v) is 5.44. The molecule has 0 radical (unpaired) electrons. The molecule has 0 spiro atoms. The van der Waals surface area contributed by atoms with Gasteiger partial charge in [-0.3, -0.25) is 9.48 Å². The van der Waals surface area contributed by atoms with E-state index in [1.165, 1.54) is 18.7 Å². The lowest BCUT2D eigenvalue weighted by molar-refractivity contribution is 0.0646. The maximum Gasteiger partial charge on any atom is 0.272 e. The van der Waals surface area contributed by atoms with Crippen molar-refractivity contribution in [3.05, 3.63) is 30.2 Å². The first-order chi connectivity index (χ1) is 11.2. The lowest BCUT2D eigenvalue weighted by Crippen LogP contribution is -2.37. The molecule has 124 valence electrons. The Bertz CT molecular complexity index is 643. The van der Waals surface area contributed by atoms with Crippen LogP contribution in [-0.2, 0) is 6.54 Å². The topological polar surface area (TPSA) is 77.0 Å². The molecule has 1 amide bonds. The highest BCUT2D eigenvalue weighted by Crippen LogP contribution is 2.29. The quantitative estimate of drug-likeness (QED) is 0.862. The van der Waals surface area contributed by atoms with Gasteiger partial charge in [0.05, 0.1) is 6.04 Å². The minimum atomic E-state index is -2.57. The van der Waals surface area contributed by atoms with E-state index >= 15 is 0 Å². The SMILES string of the molecule is O=C(c1ccnn1CC(F)F)N1CCCCC[C@@H]1c1ncon1. The number of hydrogen-bond acceptors (Lipinski definition) is 5. The molecule has 1 saturated heterocycles. The molecule has 0 saturated carbocycles. The number of nitrogens with zero attached hydrogens (tertiary/aromatic N) is 5. The molecule has 0 aliphatic carbocycles. The van der Waals surface area contributed by atoms with Crippen LogP contribution < -0.4 is 0 Å². The predicted molar refractivity (Wildman–Crippen MR) is 74.8 cm³/mol. The Balaban J connectivity index is 1.87. The molecule has 1 atom stereocenters. The van der Waals surface area contributed by atoms with E-state index in [0.29, 0.717) is 18.8 Å². The Morgan fingerprint density at radius 2 is 2.26 bits per heavy atom. The van der Waals surface area contributed by atoms with E-state index in [2.05, 4.69) is 15.2 Å². The smallest absolute Gasteiger partial charge is 0.272 e. The van der Waals surface area contributed by atoms with Gasteiger partial charge in [0.1, 0.15) is 12.2 Å². The van der Waals surface area contributed by atoms with E-state index in [4.69, 9.17) is 4.52 Å². The van der Waals surface area contributed by atoms with Crippen molar-refractivity contribution < 1.29 is 18.1 Å². The largest absolute Gasteiger partial charge is 0.343 e. The highest BCUT2D eigenvalue weighted by Gasteiger charge is 2.32. The molecular formula is C14H17F2N5O2. The summed E-state index contributed by atoms with van der Waals surface area (Å²) < 4.78 is 31.1. The van der Waals surface area contributed by atoms with Crippen LogP contribution in [0.2, 0.25) is 0 Å². The third kappa shape index (κ3) is 3.38. The Hall–Kier alpha value is -2.32. The van der Waals surface area contributed by atoms with E-state index in [0.717, 1.165) is 23.9 Å². The van der Waals surface area contributed by atoms with Gasteiger partial charge >= 0.3 is 0 Å². The molecule has 0 aromatic carbocycles. The molecule has 1 fully saturated rings. The predicted octanol–water partition coefficient (Wildman–Crippen LogP) is 2.29. The van der Waals surface area contributed by atoms with E-state index < -0.39 is 13.0 Å². The second kappa shape index (κ2) is 6.84. The van der Waals surface area contributed by atoms with Gasteiger partial charge in [-0.05, 0) is 18.9 Å². The monoisotopic (exact) mass is 325 g/mol. The van der Waals surface area contributed by atoms with Crippen molar-refractivity contribution in [1.82, 2.24) is 24.8 Å². The number of halogens is 2. The van der Waals surface area contributed by atoms with Crippen molar-refractivity contribution in [3.8, 4) is 0 Å². The van der Waals surface area contributed by atoms with Crippen LogP contribution in [0.5, 0.6) is 0 Å². The maximum atomic E-state index is 12.9. The van der Waals surface area contributed by atoms with E-state index in [-0.39, 0.29) is 17.6 Å². The Kier molecular flexibility index (Phi) is 4.63. The van der Waals surface area contributed by atoms with Crippen molar-refractivity contribution >= 4 is 5.91 Å². The Morgan fingerprint density at radius 1 is 1.39 bits per heavy atom. The number of likely N-dealkylation sites (tertiary alicyclic amines) is 1. The zero-order valence-corrected chi connectivity index (χ0v) is 12.4. The molecule has 1 aliphatic rings. The van der Waals surface area contributed by atoms with Crippen LogP contribution in [0.4, 0.5) is 8.78 Å². The normalized spacial score (nSPS) is 19.1. The number of carbonyl (C=O) groups excluding carboxylic acids is 1. The van der Waals surface area contributed by atoms with Gasteiger partial charge in [-0.15, -0.1) is 0 Å². The molecule has 1 aliphatic heterocycles. The summed E-state index contributed by atoms with van der Waals surface area (Å²) in [5, 5.41) is 7.67. The van der Waals surface area contributed by atoms with Gasteiger partial charge in [0, 0.05) is 12.7 Å². The summed E-state index contributed by atoms with van der Waals surface area (Å²) >= 11 is 0. The minimum Gasteiger partial charge on any atom is -0.343 e. The molecule has 0 N–H and O–H groups in total. The highest BCUT2D eigenvalue weighted by atomic mass is 19.3. The Morgan fingerprint density at radius 3 is 3.00 bits per heavy atom. The van der Waals surface area contributed by atoms with Gasteiger partial charge in [0.15, 0.2) is 5.82 Å². The number of amides is 1. The van der Waals surface area contributed by atoms with Crippen LogP contribution in [-0.4, -0.2) is 43.7 Å². The van der Waals surface area contributed by atoms with Gasteiger partial charge < -0.3 is 9.42 Å².